The second-order valence-corrected chi connectivity index (χ2v) is 5.67. The maximum absolute atomic E-state index is 12.2. The van der Waals surface area contributed by atoms with Gasteiger partial charge in [-0.2, -0.15) is 0 Å². The third kappa shape index (κ3) is 2.02. The summed E-state index contributed by atoms with van der Waals surface area (Å²) in [5.74, 6) is 0.155. The molecule has 5 heteroatoms. The lowest BCUT2D eigenvalue weighted by Crippen LogP contribution is -2.63. The summed E-state index contributed by atoms with van der Waals surface area (Å²) in [6.45, 7) is 2.56. The van der Waals surface area contributed by atoms with Crippen LogP contribution in [0.4, 0.5) is 0 Å². The Labute approximate surface area is 106 Å². The Kier molecular flexibility index (Phi) is 2.64. The molecule has 0 aromatic carbocycles. The topological polar surface area (TPSA) is 57.7 Å². The highest BCUT2D eigenvalue weighted by Crippen LogP contribution is 2.37. The van der Waals surface area contributed by atoms with Crippen molar-refractivity contribution < 1.29 is 14.4 Å². The Balaban J connectivity index is 1.67. The largest absolute Gasteiger partial charge is 0.339 e. The van der Waals surface area contributed by atoms with E-state index in [1.54, 1.807) is 4.90 Å². The molecular weight excluding hydrogens is 232 g/mol. The van der Waals surface area contributed by atoms with Crippen molar-refractivity contribution in [1.82, 2.24) is 9.80 Å². The molecule has 2 saturated carbocycles. The van der Waals surface area contributed by atoms with Crippen LogP contribution in [0.25, 0.3) is 0 Å². The highest BCUT2D eigenvalue weighted by molar-refractivity contribution is 5.99. The van der Waals surface area contributed by atoms with Gasteiger partial charge >= 0.3 is 0 Å². The van der Waals surface area contributed by atoms with E-state index in [2.05, 4.69) is 0 Å². The first kappa shape index (κ1) is 11.7. The van der Waals surface area contributed by atoms with Crippen molar-refractivity contribution in [3.63, 3.8) is 0 Å². The van der Waals surface area contributed by atoms with Crippen LogP contribution in [0.1, 0.15) is 32.6 Å². The van der Waals surface area contributed by atoms with E-state index in [1.165, 1.54) is 11.8 Å². The second kappa shape index (κ2) is 4.07. The molecule has 3 fully saturated rings. The van der Waals surface area contributed by atoms with Crippen LogP contribution in [0, 0.1) is 11.8 Å². The van der Waals surface area contributed by atoms with Gasteiger partial charge in [-0.05, 0) is 25.7 Å². The Morgan fingerprint density at radius 1 is 0.944 bits per heavy atom. The normalized spacial score (nSPS) is 23.5. The van der Waals surface area contributed by atoms with Gasteiger partial charge < -0.3 is 4.90 Å². The molecular formula is C13H18N2O3. The summed E-state index contributed by atoms with van der Waals surface area (Å²) in [6.07, 6.45) is 3.65. The smallest absolute Gasteiger partial charge is 0.232 e. The van der Waals surface area contributed by atoms with Crippen LogP contribution in [-0.2, 0) is 14.4 Å². The number of hydrogen-bond donors (Lipinski definition) is 0. The molecule has 0 aromatic rings. The average molecular weight is 250 g/mol. The molecule has 1 aliphatic heterocycles. The monoisotopic (exact) mass is 250 g/mol. The van der Waals surface area contributed by atoms with Crippen molar-refractivity contribution in [2.24, 2.45) is 11.8 Å². The molecule has 3 amide bonds. The van der Waals surface area contributed by atoms with Crippen molar-refractivity contribution in [2.45, 2.75) is 38.6 Å². The number of carbonyl (C=O) groups excluding carboxylic acids is 3. The van der Waals surface area contributed by atoms with E-state index in [0.717, 1.165) is 25.7 Å². The number of likely N-dealkylation sites (tertiary alicyclic amines) is 1. The molecule has 0 atom stereocenters. The van der Waals surface area contributed by atoms with E-state index in [4.69, 9.17) is 0 Å². The lowest BCUT2D eigenvalue weighted by Gasteiger charge is -2.44. The van der Waals surface area contributed by atoms with Crippen LogP contribution in [0.3, 0.4) is 0 Å². The lowest BCUT2D eigenvalue weighted by molar-refractivity contribution is -0.157. The molecule has 0 spiro atoms. The van der Waals surface area contributed by atoms with Crippen molar-refractivity contribution in [1.29, 1.82) is 0 Å². The fourth-order valence-corrected chi connectivity index (χ4v) is 2.40. The standard InChI is InChI=1S/C13H18N2O3/c1-8(16)14-6-11(7-14)15(12(17)9-2-3-9)13(18)10-4-5-10/h9-11H,2-7H2,1H3. The van der Waals surface area contributed by atoms with Crippen molar-refractivity contribution in [2.75, 3.05) is 13.1 Å². The number of amides is 3. The fourth-order valence-electron chi connectivity index (χ4n) is 2.40. The van der Waals surface area contributed by atoms with E-state index in [-0.39, 0.29) is 35.6 Å². The van der Waals surface area contributed by atoms with Gasteiger partial charge in [0.15, 0.2) is 0 Å². The molecule has 1 heterocycles. The highest BCUT2D eigenvalue weighted by Gasteiger charge is 2.47. The molecule has 0 N–H and O–H groups in total. The summed E-state index contributed by atoms with van der Waals surface area (Å²) in [7, 11) is 0. The average Bonchev–Trinajstić information content (AvgIpc) is 3.14. The number of hydrogen-bond acceptors (Lipinski definition) is 3. The highest BCUT2D eigenvalue weighted by atomic mass is 16.2. The molecule has 0 bridgehead atoms. The van der Waals surface area contributed by atoms with Gasteiger partial charge in [-0.3, -0.25) is 19.3 Å². The first-order chi connectivity index (χ1) is 8.58. The Morgan fingerprint density at radius 3 is 1.72 bits per heavy atom. The number of nitrogens with zero attached hydrogens (tertiary/aromatic N) is 2. The van der Waals surface area contributed by atoms with Gasteiger partial charge in [-0.1, -0.05) is 0 Å². The summed E-state index contributed by atoms with van der Waals surface area (Å²) in [5, 5.41) is 0. The maximum Gasteiger partial charge on any atom is 0.232 e. The fraction of sp³-hybridized carbons (Fsp3) is 0.769. The first-order valence-electron chi connectivity index (χ1n) is 6.70. The lowest BCUT2D eigenvalue weighted by atomic mass is 10.1. The zero-order chi connectivity index (χ0) is 12.9. The zero-order valence-corrected chi connectivity index (χ0v) is 10.6. The van der Waals surface area contributed by atoms with Gasteiger partial charge in [0.05, 0.1) is 6.04 Å². The number of imide groups is 1. The van der Waals surface area contributed by atoms with Crippen LogP contribution in [0.5, 0.6) is 0 Å². The summed E-state index contributed by atoms with van der Waals surface area (Å²) < 4.78 is 0. The second-order valence-electron chi connectivity index (χ2n) is 5.67. The SMILES string of the molecule is CC(=O)N1CC(N(C(=O)C2CC2)C(=O)C2CC2)C1. The van der Waals surface area contributed by atoms with Gasteiger partial charge in [0.1, 0.15) is 0 Å². The minimum Gasteiger partial charge on any atom is -0.339 e. The van der Waals surface area contributed by atoms with Gasteiger partial charge in [0.2, 0.25) is 17.7 Å². The molecule has 0 unspecified atom stereocenters. The van der Waals surface area contributed by atoms with Crippen molar-refractivity contribution in [3.05, 3.63) is 0 Å². The zero-order valence-electron chi connectivity index (χ0n) is 10.6. The number of carbonyl (C=O) groups is 3. The Bertz CT molecular complexity index is 382. The van der Waals surface area contributed by atoms with Gasteiger partial charge in [-0.25, -0.2) is 0 Å². The molecule has 5 nitrogen and oxygen atoms in total. The predicted molar refractivity (Wildman–Crippen MR) is 63.3 cm³/mol. The van der Waals surface area contributed by atoms with Crippen LogP contribution in [0.2, 0.25) is 0 Å². The molecule has 3 rings (SSSR count). The van der Waals surface area contributed by atoms with Crippen LogP contribution >= 0.6 is 0 Å². The summed E-state index contributed by atoms with van der Waals surface area (Å²) in [6, 6.07) is -0.0740. The number of rotatable bonds is 3. The molecule has 18 heavy (non-hydrogen) atoms. The molecule has 98 valence electrons. The van der Waals surface area contributed by atoms with E-state index >= 15 is 0 Å². The van der Waals surface area contributed by atoms with Crippen LogP contribution < -0.4 is 0 Å². The van der Waals surface area contributed by atoms with E-state index in [0.29, 0.717) is 13.1 Å². The van der Waals surface area contributed by atoms with Crippen LogP contribution in [0.15, 0.2) is 0 Å². The first-order valence-corrected chi connectivity index (χ1v) is 6.70. The minimum atomic E-state index is -0.0740. The summed E-state index contributed by atoms with van der Waals surface area (Å²) >= 11 is 0. The maximum atomic E-state index is 12.2. The van der Waals surface area contributed by atoms with Gasteiger partial charge in [0, 0.05) is 31.8 Å². The van der Waals surface area contributed by atoms with E-state index < -0.39 is 0 Å². The third-order valence-corrected chi connectivity index (χ3v) is 4.00. The minimum absolute atomic E-state index is 0.0000945. The molecule has 1 saturated heterocycles. The quantitative estimate of drug-likeness (QED) is 0.681. The van der Waals surface area contributed by atoms with Crippen molar-refractivity contribution >= 4 is 17.7 Å². The molecule has 0 aromatic heterocycles. The molecule has 3 aliphatic rings. The van der Waals surface area contributed by atoms with E-state index in [1.807, 2.05) is 0 Å². The Hall–Kier alpha value is -1.39. The van der Waals surface area contributed by atoms with Gasteiger partial charge in [-0.15, -0.1) is 0 Å². The predicted octanol–water partition coefficient (Wildman–Crippen LogP) is 0.392. The summed E-state index contributed by atoms with van der Waals surface area (Å²) in [5.41, 5.74) is 0. The summed E-state index contributed by atoms with van der Waals surface area (Å²) in [4.78, 5) is 38.7. The molecule has 0 radical (unpaired) electrons. The third-order valence-electron chi connectivity index (χ3n) is 4.00. The van der Waals surface area contributed by atoms with Crippen LogP contribution in [-0.4, -0.2) is 46.7 Å². The van der Waals surface area contributed by atoms with E-state index in [9.17, 15) is 14.4 Å². The molecule has 2 aliphatic carbocycles. The van der Waals surface area contributed by atoms with Crippen molar-refractivity contribution in [3.8, 4) is 0 Å². The van der Waals surface area contributed by atoms with Gasteiger partial charge in [0.25, 0.3) is 0 Å². The Morgan fingerprint density at radius 2 is 1.39 bits per heavy atom.